The van der Waals surface area contributed by atoms with Crippen LogP contribution in [0.5, 0.6) is 11.5 Å². The number of urea groups is 1. The molecule has 4 amide bonds. The van der Waals surface area contributed by atoms with Gasteiger partial charge in [-0.15, -0.1) is 0 Å². The van der Waals surface area contributed by atoms with Gasteiger partial charge in [-0.05, 0) is 62.6 Å². The molecule has 0 saturated heterocycles. The van der Waals surface area contributed by atoms with Gasteiger partial charge in [0.05, 0.1) is 24.3 Å². The average molecular weight is 518 g/mol. The van der Waals surface area contributed by atoms with Crippen LogP contribution < -0.4 is 20.1 Å². The van der Waals surface area contributed by atoms with E-state index in [-0.39, 0.29) is 24.4 Å². The molecule has 0 aliphatic carbocycles. The van der Waals surface area contributed by atoms with Gasteiger partial charge in [0.15, 0.2) is 11.5 Å². The van der Waals surface area contributed by atoms with Crippen molar-refractivity contribution in [1.82, 2.24) is 15.5 Å². The van der Waals surface area contributed by atoms with Gasteiger partial charge in [-0.3, -0.25) is 14.5 Å². The average Bonchev–Trinajstić information content (AvgIpc) is 3.02. The van der Waals surface area contributed by atoms with E-state index in [1.54, 1.807) is 18.2 Å². The van der Waals surface area contributed by atoms with E-state index in [2.05, 4.69) is 26.6 Å². The van der Waals surface area contributed by atoms with Crippen LogP contribution in [0.25, 0.3) is 0 Å². The summed E-state index contributed by atoms with van der Waals surface area (Å²) in [6.45, 7) is 6.00. The quantitative estimate of drug-likeness (QED) is 0.349. The largest absolute Gasteiger partial charge is 0.490 e. The SMILES string of the molecule is CCOc1ccc(CCNC(=O)NCCCN2C(=O)c3ccc(Br)cc3C2=O)cc1OCC. The fourth-order valence-electron chi connectivity index (χ4n) is 3.54. The standard InChI is InChI=1S/C24H28BrN3O5/c1-3-32-20-9-6-16(14-21(20)33-4-2)10-12-27-24(31)26-11-5-13-28-22(29)18-8-7-17(25)15-19(18)23(28)30/h6-9,14-15H,3-5,10-13H2,1-2H3,(H2,26,27,31). The number of hydrogen-bond donors (Lipinski definition) is 2. The van der Waals surface area contributed by atoms with Crippen molar-refractivity contribution < 1.29 is 23.9 Å². The number of benzene rings is 2. The molecule has 0 spiro atoms. The maximum absolute atomic E-state index is 12.5. The summed E-state index contributed by atoms with van der Waals surface area (Å²) >= 11 is 3.32. The summed E-state index contributed by atoms with van der Waals surface area (Å²) in [6.07, 6.45) is 1.11. The maximum Gasteiger partial charge on any atom is 0.314 e. The Morgan fingerprint density at radius 2 is 1.61 bits per heavy atom. The number of nitrogens with zero attached hydrogens (tertiary/aromatic N) is 1. The fraction of sp³-hybridized carbons (Fsp3) is 0.375. The lowest BCUT2D eigenvalue weighted by Gasteiger charge is -2.14. The molecule has 2 N–H and O–H groups in total. The van der Waals surface area contributed by atoms with E-state index in [1.165, 1.54) is 4.90 Å². The number of carbonyl (C=O) groups excluding carboxylic acids is 3. The molecule has 0 atom stereocenters. The monoisotopic (exact) mass is 517 g/mol. The Balaban J connectivity index is 1.38. The normalized spacial score (nSPS) is 12.5. The van der Waals surface area contributed by atoms with Gasteiger partial charge in [0.2, 0.25) is 0 Å². The van der Waals surface area contributed by atoms with E-state index < -0.39 is 0 Å². The van der Waals surface area contributed by atoms with Crippen LogP contribution in [0.1, 0.15) is 46.5 Å². The lowest BCUT2D eigenvalue weighted by molar-refractivity contribution is 0.0653. The summed E-state index contributed by atoms with van der Waals surface area (Å²) in [7, 11) is 0. The molecule has 176 valence electrons. The van der Waals surface area contributed by atoms with Crippen molar-refractivity contribution in [3.63, 3.8) is 0 Å². The van der Waals surface area contributed by atoms with Crippen LogP contribution in [-0.2, 0) is 6.42 Å². The molecule has 0 fully saturated rings. The number of ether oxygens (including phenoxy) is 2. The van der Waals surface area contributed by atoms with Crippen LogP contribution in [0.15, 0.2) is 40.9 Å². The first-order valence-corrected chi connectivity index (χ1v) is 11.8. The number of fused-ring (bicyclic) bond motifs is 1. The molecule has 0 radical (unpaired) electrons. The summed E-state index contributed by atoms with van der Waals surface area (Å²) < 4.78 is 11.9. The number of carbonyl (C=O) groups is 3. The third kappa shape index (κ3) is 6.25. The third-order valence-electron chi connectivity index (χ3n) is 5.08. The lowest BCUT2D eigenvalue weighted by Crippen LogP contribution is -2.38. The van der Waals surface area contributed by atoms with Crippen LogP contribution in [0, 0.1) is 0 Å². The molecule has 3 rings (SSSR count). The second-order valence-electron chi connectivity index (χ2n) is 7.39. The highest BCUT2D eigenvalue weighted by Crippen LogP contribution is 2.29. The molecule has 2 aromatic carbocycles. The highest BCUT2D eigenvalue weighted by atomic mass is 79.9. The Morgan fingerprint density at radius 1 is 0.909 bits per heavy atom. The van der Waals surface area contributed by atoms with E-state index in [0.29, 0.717) is 61.8 Å². The van der Waals surface area contributed by atoms with Crippen LogP contribution in [0.4, 0.5) is 4.79 Å². The molecule has 2 aromatic rings. The highest BCUT2D eigenvalue weighted by Gasteiger charge is 2.34. The first-order valence-electron chi connectivity index (χ1n) is 11.0. The third-order valence-corrected chi connectivity index (χ3v) is 5.58. The van der Waals surface area contributed by atoms with Crippen molar-refractivity contribution >= 4 is 33.8 Å². The van der Waals surface area contributed by atoms with Crippen LogP contribution in [0.3, 0.4) is 0 Å². The van der Waals surface area contributed by atoms with Crippen molar-refractivity contribution in [3.8, 4) is 11.5 Å². The minimum atomic E-state index is -0.303. The van der Waals surface area contributed by atoms with Crippen molar-refractivity contribution in [2.75, 3.05) is 32.8 Å². The van der Waals surface area contributed by atoms with Gasteiger partial charge < -0.3 is 20.1 Å². The number of halogens is 1. The molecule has 1 aliphatic rings. The number of rotatable bonds is 11. The van der Waals surface area contributed by atoms with Gasteiger partial charge in [0, 0.05) is 24.1 Å². The minimum absolute atomic E-state index is 0.247. The smallest absolute Gasteiger partial charge is 0.314 e. The zero-order valence-corrected chi connectivity index (χ0v) is 20.4. The highest BCUT2D eigenvalue weighted by molar-refractivity contribution is 9.10. The Labute approximate surface area is 201 Å². The Kier molecular flexibility index (Phi) is 8.71. The van der Waals surface area contributed by atoms with Gasteiger partial charge in [-0.1, -0.05) is 22.0 Å². The molecule has 0 bridgehead atoms. The predicted molar refractivity (Wildman–Crippen MR) is 128 cm³/mol. The summed E-state index contributed by atoms with van der Waals surface area (Å²) in [5, 5.41) is 5.57. The summed E-state index contributed by atoms with van der Waals surface area (Å²) in [5.74, 6) is 0.803. The molecule has 33 heavy (non-hydrogen) atoms. The van der Waals surface area contributed by atoms with Gasteiger partial charge in [0.25, 0.3) is 11.8 Å². The van der Waals surface area contributed by atoms with E-state index in [1.807, 2.05) is 32.0 Å². The number of hydrogen-bond acceptors (Lipinski definition) is 5. The Hall–Kier alpha value is -3.07. The second-order valence-corrected chi connectivity index (χ2v) is 8.30. The van der Waals surface area contributed by atoms with Gasteiger partial charge in [-0.25, -0.2) is 4.79 Å². The van der Waals surface area contributed by atoms with Crippen LogP contribution in [0.2, 0.25) is 0 Å². The molecule has 0 unspecified atom stereocenters. The van der Waals surface area contributed by atoms with Crippen molar-refractivity contribution in [1.29, 1.82) is 0 Å². The molecule has 1 heterocycles. The van der Waals surface area contributed by atoms with E-state index in [9.17, 15) is 14.4 Å². The first-order chi connectivity index (χ1) is 15.9. The Morgan fingerprint density at radius 3 is 2.36 bits per heavy atom. The lowest BCUT2D eigenvalue weighted by atomic mass is 10.1. The van der Waals surface area contributed by atoms with E-state index in [0.717, 1.165) is 10.0 Å². The number of nitrogens with one attached hydrogen (secondary N) is 2. The fourth-order valence-corrected chi connectivity index (χ4v) is 3.90. The summed E-state index contributed by atoms with van der Waals surface area (Å²) in [5.41, 5.74) is 1.84. The molecule has 0 aromatic heterocycles. The molecule has 8 nitrogen and oxygen atoms in total. The number of imide groups is 1. The molecular weight excluding hydrogens is 490 g/mol. The van der Waals surface area contributed by atoms with E-state index >= 15 is 0 Å². The van der Waals surface area contributed by atoms with Crippen molar-refractivity contribution in [2.24, 2.45) is 0 Å². The topological polar surface area (TPSA) is 97.0 Å². The number of amides is 4. The van der Waals surface area contributed by atoms with Crippen molar-refractivity contribution in [3.05, 3.63) is 57.6 Å². The van der Waals surface area contributed by atoms with Gasteiger partial charge >= 0.3 is 6.03 Å². The first kappa shape index (κ1) is 24.6. The van der Waals surface area contributed by atoms with Gasteiger partial charge in [0.1, 0.15) is 0 Å². The molecular formula is C24H28BrN3O5. The maximum atomic E-state index is 12.5. The Bertz CT molecular complexity index is 1030. The molecule has 1 aliphatic heterocycles. The second kappa shape index (κ2) is 11.7. The summed E-state index contributed by atoms with van der Waals surface area (Å²) in [6, 6.07) is 10.5. The molecule has 9 heteroatoms. The molecule has 0 saturated carbocycles. The van der Waals surface area contributed by atoms with Crippen molar-refractivity contribution in [2.45, 2.75) is 26.7 Å². The predicted octanol–water partition coefficient (Wildman–Crippen LogP) is 3.77. The zero-order valence-electron chi connectivity index (χ0n) is 18.8. The minimum Gasteiger partial charge on any atom is -0.490 e. The van der Waals surface area contributed by atoms with Gasteiger partial charge in [-0.2, -0.15) is 0 Å². The van der Waals surface area contributed by atoms with Crippen LogP contribution >= 0.6 is 15.9 Å². The van der Waals surface area contributed by atoms with Crippen LogP contribution in [-0.4, -0.2) is 55.6 Å². The summed E-state index contributed by atoms with van der Waals surface area (Å²) in [4.78, 5) is 38.2. The zero-order chi connectivity index (χ0) is 23.8. The van der Waals surface area contributed by atoms with E-state index in [4.69, 9.17) is 9.47 Å².